The van der Waals surface area contributed by atoms with Crippen LogP contribution in [-0.2, 0) is 14.3 Å². The number of allylic oxidation sites excluding steroid dienone is 4. The summed E-state index contributed by atoms with van der Waals surface area (Å²) in [5.74, 6) is -0.491. The summed E-state index contributed by atoms with van der Waals surface area (Å²) in [6.45, 7) is 6.54. The fourth-order valence-electron chi connectivity index (χ4n) is 2.57. The molecule has 0 amide bonds. The lowest BCUT2D eigenvalue weighted by atomic mass is 9.72. The van der Waals surface area contributed by atoms with E-state index in [4.69, 9.17) is 0 Å². The molecule has 0 radical (unpaired) electrons. The van der Waals surface area contributed by atoms with E-state index in [9.17, 15) is 9.59 Å². The number of carbonyl (C=O) groups excluding carboxylic acids is 2. The second kappa shape index (κ2) is 6.50. The van der Waals surface area contributed by atoms with Crippen LogP contribution in [0.1, 0.15) is 40.0 Å². The lowest BCUT2D eigenvalue weighted by Crippen LogP contribution is -2.19. The van der Waals surface area contributed by atoms with Crippen LogP contribution in [-0.4, -0.2) is 19.4 Å². The van der Waals surface area contributed by atoms with Crippen LogP contribution in [0, 0.1) is 5.41 Å². The highest BCUT2D eigenvalue weighted by Crippen LogP contribution is 2.40. The lowest BCUT2D eigenvalue weighted by Gasteiger charge is -2.32. The first kappa shape index (κ1) is 15.4. The molecule has 0 unspecified atom stereocenters. The van der Waals surface area contributed by atoms with Gasteiger partial charge >= 0.3 is 5.97 Å². The zero-order chi connectivity index (χ0) is 14.5. The van der Waals surface area contributed by atoms with Gasteiger partial charge in [0.05, 0.1) is 12.7 Å². The second-order valence-electron chi connectivity index (χ2n) is 5.51. The third-order valence-corrected chi connectivity index (χ3v) is 3.64. The van der Waals surface area contributed by atoms with E-state index >= 15 is 0 Å². The van der Waals surface area contributed by atoms with Crippen LogP contribution in [0.3, 0.4) is 0 Å². The number of carbonyl (C=O) groups is 2. The topological polar surface area (TPSA) is 43.4 Å². The fraction of sp³-hybridized carbons (Fsp3) is 0.500. The summed E-state index contributed by atoms with van der Waals surface area (Å²) in [5.41, 5.74) is 2.99. The molecule has 3 heteroatoms. The maximum Gasteiger partial charge on any atom is 0.337 e. The number of ether oxygens (including phenoxy) is 1. The smallest absolute Gasteiger partial charge is 0.337 e. The number of rotatable bonds is 4. The van der Waals surface area contributed by atoms with Gasteiger partial charge in [-0.3, -0.25) is 4.79 Å². The molecule has 1 aliphatic rings. The molecule has 1 rings (SSSR count). The molecule has 0 aromatic rings. The van der Waals surface area contributed by atoms with Crippen LogP contribution in [0.25, 0.3) is 0 Å². The monoisotopic (exact) mass is 262 g/mol. The molecule has 0 saturated carbocycles. The van der Waals surface area contributed by atoms with Gasteiger partial charge in [0.15, 0.2) is 0 Å². The molecule has 0 saturated heterocycles. The Labute approximate surface area is 115 Å². The highest BCUT2D eigenvalue weighted by atomic mass is 16.5. The summed E-state index contributed by atoms with van der Waals surface area (Å²) in [6, 6.07) is 0. The number of hydrogen-bond donors (Lipinski definition) is 0. The summed E-state index contributed by atoms with van der Waals surface area (Å²) in [6.07, 6.45) is 8.87. The summed E-state index contributed by atoms with van der Waals surface area (Å²) in [7, 11) is 1.31. The predicted octanol–water partition coefficient (Wildman–Crippen LogP) is 3.37. The van der Waals surface area contributed by atoms with E-state index in [-0.39, 0.29) is 11.0 Å². The fourth-order valence-corrected chi connectivity index (χ4v) is 2.57. The largest absolute Gasteiger partial charge is 0.465 e. The number of methoxy groups -OCH3 is 1. The van der Waals surface area contributed by atoms with Crippen molar-refractivity contribution in [2.24, 2.45) is 5.41 Å². The zero-order valence-corrected chi connectivity index (χ0v) is 12.2. The molecule has 0 atom stereocenters. The van der Waals surface area contributed by atoms with Crippen molar-refractivity contribution >= 4 is 12.3 Å². The van der Waals surface area contributed by atoms with Gasteiger partial charge in [0.2, 0.25) is 0 Å². The molecular weight excluding hydrogens is 240 g/mol. The van der Waals surface area contributed by atoms with E-state index < -0.39 is 5.97 Å². The molecule has 0 spiro atoms. The molecule has 0 N–H and O–H groups in total. The van der Waals surface area contributed by atoms with Gasteiger partial charge in [-0.1, -0.05) is 25.5 Å². The Morgan fingerprint density at radius 1 is 1.37 bits per heavy atom. The molecule has 3 nitrogen and oxygen atoms in total. The van der Waals surface area contributed by atoms with Crippen LogP contribution in [0.4, 0.5) is 0 Å². The Morgan fingerprint density at radius 2 is 2.05 bits per heavy atom. The van der Waals surface area contributed by atoms with E-state index in [2.05, 4.69) is 25.5 Å². The number of esters is 1. The summed E-state index contributed by atoms with van der Waals surface area (Å²) in [5, 5.41) is 0. The average molecular weight is 262 g/mol. The number of aldehydes is 1. The maximum absolute atomic E-state index is 11.5. The average Bonchev–Trinajstić information content (AvgIpc) is 2.35. The molecule has 0 aliphatic heterocycles. The molecular formula is C16H22O3. The van der Waals surface area contributed by atoms with E-state index in [1.165, 1.54) is 30.8 Å². The molecule has 1 aliphatic carbocycles. The van der Waals surface area contributed by atoms with Gasteiger partial charge in [-0.05, 0) is 49.3 Å². The van der Waals surface area contributed by atoms with Crippen molar-refractivity contribution in [1.29, 1.82) is 0 Å². The van der Waals surface area contributed by atoms with E-state index in [1.54, 1.807) is 6.08 Å². The third-order valence-electron chi connectivity index (χ3n) is 3.64. The van der Waals surface area contributed by atoms with Crippen molar-refractivity contribution in [2.45, 2.75) is 40.0 Å². The molecule has 0 bridgehead atoms. The van der Waals surface area contributed by atoms with Gasteiger partial charge in [0.1, 0.15) is 6.29 Å². The molecule has 0 heterocycles. The van der Waals surface area contributed by atoms with Gasteiger partial charge in [0, 0.05) is 0 Å². The number of hydrogen-bond acceptors (Lipinski definition) is 3. The van der Waals surface area contributed by atoms with Crippen LogP contribution in [0.2, 0.25) is 0 Å². The van der Waals surface area contributed by atoms with Crippen LogP contribution in [0.5, 0.6) is 0 Å². The molecule has 0 fully saturated rings. The quantitative estimate of drug-likeness (QED) is 0.338. The van der Waals surface area contributed by atoms with Gasteiger partial charge in [-0.2, -0.15) is 0 Å². The molecule has 0 aromatic heterocycles. The minimum Gasteiger partial charge on any atom is -0.465 e. The molecule has 19 heavy (non-hydrogen) atoms. The Kier molecular flexibility index (Phi) is 5.28. The minimum atomic E-state index is -0.491. The van der Waals surface area contributed by atoms with Crippen molar-refractivity contribution < 1.29 is 14.3 Å². The SMILES string of the molecule is COC(=O)C(=CC=O)/C=C/C1=C(C)CCCC1(C)C. The Bertz CT molecular complexity index is 451. The Morgan fingerprint density at radius 3 is 2.58 bits per heavy atom. The first-order chi connectivity index (χ1) is 8.92. The standard InChI is InChI=1S/C16H22O3/c1-12-6-5-10-16(2,3)14(12)8-7-13(9-11-17)15(18)19-4/h7-9,11H,5-6,10H2,1-4H3/b8-7+,13-9?. The second-order valence-corrected chi connectivity index (χ2v) is 5.51. The van der Waals surface area contributed by atoms with Crippen LogP contribution >= 0.6 is 0 Å². The highest BCUT2D eigenvalue weighted by Gasteiger charge is 2.26. The van der Waals surface area contributed by atoms with E-state index in [0.29, 0.717) is 6.29 Å². The van der Waals surface area contributed by atoms with Gasteiger partial charge < -0.3 is 4.74 Å². The van der Waals surface area contributed by atoms with Crippen LogP contribution in [0.15, 0.2) is 34.9 Å². The zero-order valence-electron chi connectivity index (χ0n) is 12.2. The van der Waals surface area contributed by atoms with E-state index in [0.717, 1.165) is 12.8 Å². The van der Waals surface area contributed by atoms with Crippen molar-refractivity contribution in [3.63, 3.8) is 0 Å². The first-order valence-electron chi connectivity index (χ1n) is 6.54. The summed E-state index contributed by atoms with van der Waals surface area (Å²) in [4.78, 5) is 22.0. The van der Waals surface area contributed by atoms with Crippen LogP contribution < -0.4 is 0 Å². The maximum atomic E-state index is 11.5. The van der Waals surface area contributed by atoms with Gasteiger partial charge in [-0.25, -0.2) is 4.79 Å². The third kappa shape index (κ3) is 3.91. The normalized spacial score (nSPS) is 19.7. The predicted molar refractivity (Wildman–Crippen MR) is 75.6 cm³/mol. The van der Waals surface area contributed by atoms with Crippen molar-refractivity contribution in [3.8, 4) is 0 Å². The highest BCUT2D eigenvalue weighted by molar-refractivity contribution is 5.95. The van der Waals surface area contributed by atoms with Crippen molar-refractivity contribution in [3.05, 3.63) is 34.9 Å². The minimum absolute atomic E-state index is 0.112. The Hall–Kier alpha value is -1.64. The Balaban J connectivity index is 3.04. The van der Waals surface area contributed by atoms with Gasteiger partial charge in [0.25, 0.3) is 0 Å². The van der Waals surface area contributed by atoms with E-state index in [1.807, 2.05) is 6.08 Å². The summed E-state index contributed by atoms with van der Waals surface area (Å²) >= 11 is 0. The first-order valence-corrected chi connectivity index (χ1v) is 6.54. The van der Waals surface area contributed by atoms with Crippen molar-refractivity contribution in [2.75, 3.05) is 7.11 Å². The summed E-state index contributed by atoms with van der Waals surface area (Å²) < 4.78 is 4.65. The molecule has 104 valence electrons. The lowest BCUT2D eigenvalue weighted by molar-refractivity contribution is -0.135. The molecule has 0 aromatic carbocycles. The van der Waals surface area contributed by atoms with Crippen molar-refractivity contribution in [1.82, 2.24) is 0 Å². The van der Waals surface area contributed by atoms with Gasteiger partial charge in [-0.15, -0.1) is 0 Å².